The van der Waals surface area contributed by atoms with E-state index < -0.39 is 9.84 Å². The predicted molar refractivity (Wildman–Crippen MR) is 67.6 cm³/mol. The molecule has 0 spiro atoms. The highest BCUT2D eigenvalue weighted by atomic mass is 32.2. The number of piperidine rings is 1. The van der Waals surface area contributed by atoms with Gasteiger partial charge in [0.25, 0.3) is 0 Å². The first kappa shape index (κ1) is 14.4. The molecule has 1 aliphatic rings. The van der Waals surface area contributed by atoms with Crippen molar-refractivity contribution in [3.05, 3.63) is 0 Å². The predicted octanol–water partition coefficient (Wildman–Crippen LogP) is 0.0679. The first-order chi connectivity index (χ1) is 7.94. The van der Waals surface area contributed by atoms with E-state index in [2.05, 4.69) is 10.6 Å². The number of carbonyl (C=O) groups is 1. The fourth-order valence-electron chi connectivity index (χ4n) is 1.96. The lowest BCUT2D eigenvalue weighted by molar-refractivity contribution is -0.124. The molecule has 0 aliphatic carbocycles. The van der Waals surface area contributed by atoms with Gasteiger partial charge >= 0.3 is 0 Å². The maximum atomic E-state index is 11.8. The van der Waals surface area contributed by atoms with Gasteiger partial charge in [-0.05, 0) is 26.3 Å². The Bertz CT molecular complexity index is 348. The maximum absolute atomic E-state index is 11.8. The fourth-order valence-corrected chi connectivity index (χ4v) is 3.04. The zero-order valence-electron chi connectivity index (χ0n) is 10.5. The van der Waals surface area contributed by atoms with Crippen molar-refractivity contribution in [2.24, 2.45) is 0 Å². The number of amides is 1. The molecule has 0 aromatic rings. The minimum atomic E-state index is -3.03. The molecule has 100 valence electrons. The number of nitrogens with one attached hydrogen (secondary N) is 2. The second-order valence-corrected chi connectivity index (χ2v) is 7.01. The summed E-state index contributed by atoms with van der Waals surface area (Å²) < 4.78 is 22.8. The molecular weight excluding hydrogens is 240 g/mol. The minimum Gasteiger partial charge on any atom is -0.351 e. The average molecular weight is 262 g/mol. The SMILES string of the molecule is CCS(=O)(=O)CC(C)NC(=O)C1CCCCN1. The van der Waals surface area contributed by atoms with E-state index in [0.717, 1.165) is 25.8 Å². The van der Waals surface area contributed by atoms with Crippen LogP contribution < -0.4 is 10.6 Å². The molecule has 1 aliphatic heterocycles. The summed E-state index contributed by atoms with van der Waals surface area (Å²) in [5, 5.41) is 5.90. The summed E-state index contributed by atoms with van der Waals surface area (Å²) in [5.41, 5.74) is 0. The Kier molecular flexibility index (Phi) is 5.39. The fraction of sp³-hybridized carbons (Fsp3) is 0.909. The van der Waals surface area contributed by atoms with Crippen molar-refractivity contribution in [3.8, 4) is 0 Å². The molecule has 2 atom stereocenters. The Balaban J connectivity index is 2.39. The van der Waals surface area contributed by atoms with Crippen molar-refractivity contribution < 1.29 is 13.2 Å². The minimum absolute atomic E-state index is 0.0158. The normalized spacial score (nSPS) is 23.1. The van der Waals surface area contributed by atoms with Gasteiger partial charge in [0.15, 0.2) is 9.84 Å². The third-order valence-corrected chi connectivity index (χ3v) is 4.85. The number of sulfone groups is 1. The molecule has 17 heavy (non-hydrogen) atoms. The van der Waals surface area contributed by atoms with Gasteiger partial charge in [0.1, 0.15) is 0 Å². The highest BCUT2D eigenvalue weighted by Crippen LogP contribution is 2.07. The van der Waals surface area contributed by atoms with E-state index in [1.54, 1.807) is 13.8 Å². The van der Waals surface area contributed by atoms with E-state index in [1.807, 2.05) is 0 Å². The van der Waals surface area contributed by atoms with Gasteiger partial charge in [-0.3, -0.25) is 4.79 Å². The van der Waals surface area contributed by atoms with Gasteiger partial charge < -0.3 is 10.6 Å². The molecule has 6 heteroatoms. The molecule has 1 fully saturated rings. The molecule has 0 radical (unpaired) electrons. The Morgan fingerprint density at radius 1 is 1.47 bits per heavy atom. The third-order valence-electron chi connectivity index (χ3n) is 2.96. The third kappa shape index (κ3) is 5.04. The Morgan fingerprint density at radius 2 is 2.18 bits per heavy atom. The second-order valence-electron chi connectivity index (χ2n) is 4.61. The molecular formula is C11H22N2O3S. The summed E-state index contributed by atoms with van der Waals surface area (Å²) in [6.07, 6.45) is 2.98. The zero-order chi connectivity index (χ0) is 12.9. The average Bonchev–Trinajstić information content (AvgIpc) is 2.29. The van der Waals surface area contributed by atoms with E-state index in [1.165, 1.54) is 0 Å². The Hall–Kier alpha value is -0.620. The molecule has 2 unspecified atom stereocenters. The van der Waals surface area contributed by atoms with Crippen molar-refractivity contribution in [1.29, 1.82) is 0 Å². The summed E-state index contributed by atoms with van der Waals surface area (Å²) in [6.45, 7) is 4.21. The van der Waals surface area contributed by atoms with Crippen LogP contribution in [0.5, 0.6) is 0 Å². The Labute approximate surface area is 103 Å². The van der Waals surface area contributed by atoms with Gasteiger partial charge in [0.05, 0.1) is 11.8 Å². The van der Waals surface area contributed by atoms with Crippen LogP contribution >= 0.6 is 0 Å². The van der Waals surface area contributed by atoms with Crippen molar-refractivity contribution in [1.82, 2.24) is 10.6 Å². The topological polar surface area (TPSA) is 75.3 Å². The lowest BCUT2D eigenvalue weighted by Gasteiger charge is -2.24. The zero-order valence-corrected chi connectivity index (χ0v) is 11.3. The van der Waals surface area contributed by atoms with E-state index >= 15 is 0 Å². The summed E-state index contributed by atoms with van der Waals surface area (Å²) in [4.78, 5) is 11.8. The monoisotopic (exact) mass is 262 g/mol. The van der Waals surface area contributed by atoms with Crippen molar-refractivity contribution >= 4 is 15.7 Å². The summed E-state index contributed by atoms with van der Waals surface area (Å²) in [5.74, 6) is 0.0557. The molecule has 1 heterocycles. The maximum Gasteiger partial charge on any atom is 0.237 e. The summed E-state index contributed by atoms with van der Waals surface area (Å²) >= 11 is 0. The molecule has 1 rings (SSSR count). The molecule has 1 saturated heterocycles. The standard InChI is InChI=1S/C11H22N2O3S/c1-3-17(15,16)8-9(2)13-11(14)10-6-4-5-7-12-10/h9-10,12H,3-8H2,1-2H3,(H,13,14). The summed E-state index contributed by atoms with van der Waals surface area (Å²) in [7, 11) is -3.03. The van der Waals surface area contributed by atoms with E-state index in [0.29, 0.717) is 0 Å². The lowest BCUT2D eigenvalue weighted by atomic mass is 10.0. The molecule has 0 saturated carbocycles. The number of carbonyl (C=O) groups excluding carboxylic acids is 1. The van der Waals surface area contributed by atoms with Crippen LogP contribution in [0.4, 0.5) is 0 Å². The van der Waals surface area contributed by atoms with Crippen molar-refractivity contribution in [2.45, 2.75) is 45.2 Å². The largest absolute Gasteiger partial charge is 0.351 e. The first-order valence-corrected chi connectivity index (χ1v) is 8.01. The summed E-state index contributed by atoms with van der Waals surface area (Å²) in [6, 6.07) is -0.480. The van der Waals surface area contributed by atoms with Crippen LogP contribution in [0.2, 0.25) is 0 Å². The molecule has 0 aromatic carbocycles. The van der Waals surface area contributed by atoms with E-state index in [4.69, 9.17) is 0 Å². The molecule has 0 bridgehead atoms. The molecule has 5 nitrogen and oxygen atoms in total. The number of hydrogen-bond acceptors (Lipinski definition) is 4. The Morgan fingerprint density at radius 3 is 2.71 bits per heavy atom. The van der Waals surface area contributed by atoms with Gasteiger partial charge in [-0.15, -0.1) is 0 Å². The first-order valence-electron chi connectivity index (χ1n) is 6.19. The van der Waals surface area contributed by atoms with Crippen LogP contribution in [0.25, 0.3) is 0 Å². The number of rotatable bonds is 5. The van der Waals surface area contributed by atoms with Gasteiger partial charge in [0.2, 0.25) is 5.91 Å². The molecule has 2 N–H and O–H groups in total. The van der Waals surface area contributed by atoms with Crippen molar-refractivity contribution in [3.63, 3.8) is 0 Å². The van der Waals surface area contributed by atoms with Crippen LogP contribution in [-0.2, 0) is 14.6 Å². The van der Waals surface area contributed by atoms with Crippen LogP contribution in [0.1, 0.15) is 33.1 Å². The van der Waals surface area contributed by atoms with E-state index in [9.17, 15) is 13.2 Å². The smallest absolute Gasteiger partial charge is 0.237 e. The van der Waals surface area contributed by atoms with Crippen LogP contribution in [0.15, 0.2) is 0 Å². The van der Waals surface area contributed by atoms with Gasteiger partial charge in [-0.1, -0.05) is 13.3 Å². The highest BCUT2D eigenvalue weighted by molar-refractivity contribution is 7.91. The lowest BCUT2D eigenvalue weighted by Crippen LogP contribution is -2.50. The second kappa shape index (κ2) is 6.35. The van der Waals surface area contributed by atoms with Gasteiger partial charge in [-0.2, -0.15) is 0 Å². The van der Waals surface area contributed by atoms with E-state index in [-0.39, 0.29) is 29.5 Å². The number of hydrogen-bond donors (Lipinski definition) is 2. The van der Waals surface area contributed by atoms with Crippen LogP contribution in [-0.4, -0.2) is 44.5 Å². The highest BCUT2D eigenvalue weighted by Gasteiger charge is 2.23. The van der Waals surface area contributed by atoms with Crippen LogP contribution in [0, 0.1) is 0 Å². The van der Waals surface area contributed by atoms with Gasteiger partial charge in [-0.25, -0.2) is 8.42 Å². The molecule has 1 amide bonds. The van der Waals surface area contributed by atoms with Crippen molar-refractivity contribution in [2.75, 3.05) is 18.1 Å². The van der Waals surface area contributed by atoms with Crippen LogP contribution in [0.3, 0.4) is 0 Å². The quantitative estimate of drug-likeness (QED) is 0.735. The molecule has 0 aromatic heterocycles. The van der Waals surface area contributed by atoms with Gasteiger partial charge in [0, 0.05) is 11.8 Å².